The number of carbonyl (C=O) groups excluding carboxylic acids is 2. The van der Waals surface area contributed by atoms with Crippen LogP contribution in [0.4, 0.5) is 4.39 Å². The maximum atomic E-state index is 13.9. The van der Waals surface area contributed by atoms with Crippen LogP contribution in [0.2, 0.25) is 0 Å². The number of H-pyrrole nitrogens is 1. The van der Waals surface area contributed by atoms with Gasteiger partial charge in [0.2, 0.25) is 0 Å². The lowest BCUT2D eigenvalue weighted by atomic mass is 10.1. The number of rotatable bonds is 4. The van der Waals surface area contributed by atoms with E-state index in [2.05, 4.69) is 9.88 Å². The van der Waals surface area contributed by atoms with E-state index in [1.807, 2.05) is 24.8 Å². The van der Waals surface area contributed by atoms with Crippen molar-refractivity contribution in [2.24, 2.45) is 0 Å². The summed E-state index contributed by atoms with van der Waals surface area (Å²) < 4.78 is 13.9. The largest absolute Gasteiger partial charge is 0.354 e. The Labute approximate surface area is 159 Å². The molecule has 1 aromatic heterocycles. The van der Waals surface area contributed by atoms with E-state index in [0.29, 0.717) is 43.0 Å². The number of hydrogen-bond donors (Lipinski definition) is 1. The number of benzene rings is 1. The Morgan fingerprint density at radius 3 is 2.52 bits per heavy atom. The molecule has 0 bridgehead atoms. The van der Waals surface area contributed by atoms with Crippen molar-refractivity contribution in [3.05, 3.63) is 58.2 Å². The summed E-state index contributed by atoms with van der Waals surface area (Å²) in [7, 11) is 0. The smallest absolute Gasteiger partial charge is 0.270 e. The lowest BCUT2D eigenvalue weighted by Gasteiger charge is -2.22. The molecule has 5 nitrogen and oxygen atoms in total. The van der Waals surface area contributed by atoms with Crippen molar-refractivity contribution < 1.29 is 14.0 Å². The molecular formula is C21H26FN3O2. The van der Waals surface area contributed by atoms with Gasteiger partial charge in [0, 0.05) is 49.5 Å². The zero-order valence-electron chi connectivity index (χ0n) is 16.1. The van der Waals surface area contributed by atoms with E-state index < -0.39 is 0 Å². The zero-order chi connectivity index (χ0) is 19.6. The molecule has 1 aliphatic heterocycles. The second-order valence-corrected chi connectivity index (χ2v) is 7.19. The lowest BCUT2D eigenvalue weighted by molar-refractivity contribution is 0.0755. The maximum absolute atomic E-state index is 13.9. The van der Waals surface area contributed by atoms with Gasteiger partial charge in [-0.05, 0) is 38.8 Å². The molecule has 27 heavy (non-hydrogen) atoms. The summed E-state index contributed by atoms with van der Waals surface area (Å²) in [5, 5.41) is 0. The Kier molecular flexibility index (Phi) is 5.75. The quantitative estimate of drug-likeness (QED) is 0.839. The van der Waals surface area contributed by atoms with E-state index >= 15 is 0 Å². The number of hydrogen-bond acceptors (Lipinski definition) is 3. The fraction of sp³-hybridized carbons (Fsp3) is 0.429. The van der Waals surface area contributed by atoms with E-state index in [9.17, 15) is 14.0 Å². The van der Waals surface area contributed by atoms with Crippen LogP contribution in [0.5, 0.6) is 0 Å². The fourth-order valence-electron chi connectivity index (χ4n) is 3.85. The summed E-state index contributed by atoms with van der Waals surface area (Å²) >= 11 is 0. The van der Waals surface area contributed by atoms with Gasteiger partial charge in [-0.15, -0.1) is 0 Å². The minimum Gasteiger partial charge on any atom is -0.354 e. The van der Waals surface area contributed by atoms with Gasteiger partial charge in [0.05, 0.1) is 0 Å². The number of halogens is 1. The molecule has 0 radical (unpaired) electrons. The normalized spacial score (nSPS) is 15.6. The van der Waals surface area contributed by atoms with Crippen molar-refractivity contribution in [3.8, 4) is 0 Å². The van der Waals surface area contributed by atoms with Crippen LogP contribution in [-0.4, -0.2) is 52.7 Å². The van der Waals surface area contributed by atoms with Gasteiger partial charge in [-0.1, -0.05) is 18.2 Å². The first kappa shape index (κ1) is 19.3. The molecule has 1 N–H and O–H groups in total. The second-order valence-electron chi connectivity index (χ2n) is 7.19. The molecule has 3 rings (SSSR count). The summed E-state index contributed by atoms with van der Waals surface area (Å²) in [6.45, 7) is 8.44. The van der Waals surface area contributed by atoms with Crippen molar-refractivity contribution in [2.45, 2.75) is 33.7 Å². The van der Waals surface area contributed by atoms with E-state index in [4.69, 9.17) is 0 Å². The van der Waals surface area contributed by atoms with Gasteiger partial charge >= 0.3 is 0 Å². The number of carbonyl (C=O) groups is 2. The highest BCUT2D eigenvalue weighted by atomic mass is 19.1. The first-order valence-corrected chi connectivity index (χ1v) is 9.33. The van der Waals surface area contributed by atoms with Gasteiger partial charge in [0.25, 0.3) is 5.91 Å². The van der Waals surface area contributed by atoms with Crippen molar-refractivity contribution in [2.75, 3.05) is 26.2 Å². The first-order chi connectivity index (χ1) is 12.9. The van der Waals surface area contributed by atoms with Crippen molar-refractivity contribution in [1.29, 1.82) is 0 Å². The lowest BCUT2D eigenvalue weighted by Crippen LogP contribution is -2.35. The molecular weight excluding hydrogens is 345 g/mol. The van der Waals surface area contributed by atoms with Crippen molar-refractivity contribution in [1.82, 2.24) is 14.8 Å². The number of Topliss-reactive ketones (excluding diaryl/α,β-unsaturated/α-hetero) is 1. The third-order valence-electron chi connectivity index (χ3n) is 5.23. The molecule has 1 aliphatic rings. The molecule has 1 amide bonds. The standard InChI is InChI=1S/C21H26FN3O2/c1-14-19(16(3)26)15(2)23-20(14)21(27)25-10-6-9-24(11-12-25)13-17-7-4-5-8-18(17)22/h4-5,7-8,23H,6,9-13H2,1-3H3. The molecule has 1 fully saturated rings. The van der Waals surface area contributed by atoms with Crippen molar-refractivity contribution >= 4 is 11.7 Å². The van der Waals surface area contributed by atoms with E-state index in [1.165, 1.54) is 13.0 Å². The SMILES string of the molecule is CC(=O)c1c(C)[nH]c(C(=O)N2CCCN(Cc3ccccc3F)CC2)c1C. The molecule has 1 aromatic carbocycles. The second kappa shape index (κ2) is 8.05. The van der Waals surface area contributed by atoms with Gasteiger partial charge in [-0.3, -0.25) is 14.5 Å². The van der Waals surface area contributed by atoms with E-state index in [-0.39, 0.29) is 17.5 Å². The van der Waals surface area contributed by atoms with Crippen LogP contribution in [-0.2, 0) is 6.54 Å². The van der Waals surface area contributed by atoms with Crippen LogP contribution in [0.3, 0.4) is 0 Å². The third kappa shape index (κ3) is 4.11. The first-order valence-electron chi connectivity index (χ1n) is 9.33. The van der Waals surface area contributed by atoms with Crippen LogP contribution in [0.15, 0.2) is 24.3 Å². The van der Waals surface area contributed by atoms with Crippen LogP contribution < -0.4 is 0 Å². The predicted octanol–water partition coefficient (Wildman–Crippen LogP) is 3.32. The van der Waals surface area contributed by atoms with E-state index in [0.717, 1.165) is 24.2 Å². The van der Waals surface area contributed by atoms with E-state index in [1.54, 1.807) is 12.1 Å². The number of aryl methyl sites for hydroxylation is 1. The minimum atomic E-state index is -0.191. The highest BCUT2D eigenvalue weighted by Crippen LogP contribution is 2.21. The Balaban J connectivity index is 1.69. The molecule has 0 saturated carbocycles. The Morgan fingerprint density at radius 2 is 1.85 bits per heavy atom. The summed E-state index contributed by atoms with van der Waals surface area (Å²) in [6.07, 6.45) is 0.832. The molecule has 0 unspecified atom stereocenters. The topological polar surface area (TPSA) is 56.4 Å². The maximum Gasteiger partial charge on any atom is 0.270 e. The molecule has 0 aliphatic carbocycles. The highest BCUT2D eigenvalue weighted by molar-refractivity contribution is 6.02. The minimum absolute atomic E-state index is 0.0350. The monoisotopic (exact) mass is 371 g/mol. The van der Waals surface area contributed by atoms with Gasteiger partial charge in [0.15, 0.2) is 5.78 Å². The zero-order valence-corrected chi connectivity index (χ0v) is 16.1. The van der Waals surface area contributed by atoms with Gasteiger partial charge in [0.1, 0.15) is 11.5 Å². The molecule has 144 valence electrons. The fourth-order valence-corrected chi connectivity index (χ4v) is 3.85. The third-order valence-corrected chi connectivity index (χ3v) is 5.23. The Hall–Kier alpha value is -2.47. The molecule has 6 heteroatoms. The number of nitrogens with zero attached hydrogens (tertiary/aromatic N) is 2. The molecule has 2 aromatic rings. The van der Waals surface area contributed by atoms with Crippen LogP contribution in [0.1, 0.15) is 51.0 Å². The Morgan fingerprint density at radius 1 is 1.11 bits per heavy atom. The van der Waals surface area contributed by atoms with Gasteiger partial charge in [-0.25, -0.2) is 4.39 Å². The van der Waals surface area contributed by atoms with Crippen LogP contribution >= 0.6 is 0 Å². The number of aromatic nitrogens is 1. The summed E-state index contributed by atoms with van der Waals surface area (Å²) in [5.74, 6) is -0.299. The number of aromatic amines is 1. The molecule has 0 atom stereocenters. The van der Waals surface area contributed by atoms with Gasteiger partial charge in [-0.2, -0.15) is 0 Å². The summed E-state index contributed by atoms with van der Waals surface area (Å²) in [6, 6.07) is 6.82. The highest BCUT2D eigenvalue weighted by Gasteiger charge is 2.25. The van der Waals surface area contributed by atoms with Crippen LogP contribution in [0, 0.1) is 19.7 Å². The number of nitrogens with one attached hydrogen (secondary N) is 1. The van der Waals surface area contributed by atoms with Crippen molar-refractivity contribution in [3.63, 3.8) is 0 Å². The summed E-state index contributed by atoms with van der Waals surface area (Å²) in [5.41, 5.74) is 3.24. The average molecular weight is 371 g/mol. The molecule has 1 saturated heterocycles. The number of ketones is 1. The molecule has 0 spiro atoms. The number of amides is 1. The van der Waals surface area contributed by atoms with Gasteiger partial charge < -0.3 is 9.88 Å². The summed E-state index contributed by atoms with van der Waals surface area (Å²) in [4.78, 5) is 31.9. The predicted molar refractivity (Wildman–Crippen MR) is 102 cm³/mol. The molecule has 2 heterocycles. The Bertz CT molecular complexity index is 859. The van der Waals surface area contributed by atoms with Crippen LogP contribution in [0.25, 0.3) is 0 Å². The average Bonchev–Trinajstić information content (AvgIpc) is 2.79.